The molecule has 106 valence electrons. The summed E-state index contributed by atoms with van der Waals surface area (Å²) in [5, 5.41) is 7.59. The molecule has 21 heavy (non-hydrogen) atoms. The summed E-state index contributed by atoms with van der Waals surface area (Å²) in [7, 11) is 0. The van der Waals surface area contributed by atoms with E-state index in [0.29, 0.717) is 29.2 Å². The summed E-state index contributed by atoms with van der Waals surface area (Å²) in [5.41, 5.74) is 1.70. The van der Waals surface area contributed by atoms with Crippen LogP contribution >= 0.6 is 11.6 Å². The Morgan fingerprint density at radius 1 is 1.24 bits per heavy atom. The van der Waals surface area contributed by atoms with Gasteiger partial charge in [0, 0.05) is 22.5 Å². The normalized spacial score (nSPS) is 10.6. The number of benzene rings is 1. The molecule has 2 aromatic heterocycles. The van der Waals surface area contributed by atoms with Crippen molar-refractivity contribution in [2.45, 2.75) is 13.5 Å². The van der Waals surface area contributed by atoms with Crippen LogP contribution < -0.4 is 5.32 Å². The second-order valence-corrected chi connectivity index (χ2v) is 4.83. The molecule has 7 heteroatoms. The van der Waals surface area contributed by atoms with Crippen LogP contribution in [-0.4, -0.2) is 20.1 Å². The van der Waals surface area contributed by atoms with Gasteiger partial charge in [0.15, 0.2) is 0 Å². The van der Waals surface area contributed by atoms with Gasteiger partial charge in [-0.2, -0.15) is 4.98 Å². The van der Waals surface area contributed by atoms with Crippen LogP contribution in [0.3, 0.4) is 0 Å². The van der Waals surface area contributed by atoms with E-state index in [2.05, 4.69) is 25.4 Å². The van der Waals surface area contributed by atoms with Crippen LogP contribution in [0.5, 0.6) is 0 Å². The molecule has 0 radical (unpaired) electrons. The summed E-state index contributed by atoms with van der Waals surface area (Å²) < 4.78 is 5.19. The van der Waals surface area contributed by atoms with E-state index in [1.54, 1.807) is 18.3 Å². The van der Waals surface area contributed by atoms with Gasteiger partial charge in [0.2, 0.25) is 17.7 Å². The average Bonchev–Trinajstić information content (AvgIpc) is 2.94. The molecule has 0 bridgehead atoms. The van der Waals surface area contributed by atoms with Gasteiger partial charge in [0.1, 0.15) is 0 Å². The van der Waals surface area contributed by atoms with Crippen molar-refractivity contribution in [2.24, 2.45) is 0 Å². The maximum absolute atomic E-state index is 5.94. The van der Waals surface area contributed by atoms with E-state index in [-0.39, 0.29) is 0 Å². The monoisotopic (exact) mass is 301 g/mol. The maximum atomic E-state index is 5.94. The minimum Gasteiger partial charge on any atom is -0.345 e. The Morgan fingerprint density at radius 3 is 2.95 bits per heavy atom. The third-order valence-corrected chi connectivity index (χ3v) is 2.98. The molecule has 3 rings (SSSR count). The van der Waals surface area contributed by atoms with Crippen LogP contribution in [0.25, 0.3) is 11.4 Å². The molecule has 0 saturated heterocycles. The lowest BCUT2D eigenvalue weighted by Crippen LogP contribution is -2.04. The zero-order chi connectivity index (χ0) is 14.7. The van der Waals surface area contributed by atoms with Crippen LogP contribution in [0.15, 0.2) is 41.1 Å². The van der Waals surface area contributed by atoms with E-state index >= 15 is 0 Å². The van der Waals surface area contributed by atoms with Gasteiger partial charge in [-0.25, -0.2) is 9.97 Å². The van der Waals surface area contributed by atoms with E-state index in [9.17, 15) is 0 Å². The van der Waals surface area contributed by atoms with E-state index in [1.807, 2.05) is 25.1 Å². The number of aryl methyl sites for hydroxylation is 1. The SMILES string of the molecule is Cc1ccnc(NCc2nc(-c3cccc(Cl)c3)no2)n1. The van der Waals surface area contributed by atoms with Crippen LogP contribution in [-0.2, 0) is 6.54 Å². The summed E-state index contributed by atoms with van der Waals surface area (Å²) in [6.07, 6.45) is 1.69. The summed E-state index contributed by atoms with van der Waals surface area (Å²) in [4.78, 5) is 12.6. The Balaban J connectivity index is 1.71. The molecule has 3 aromatic rings. The first-order valence-electron chi connectivity index (χ1n) is 6.33. The molecule has 0 amide bonds. The van der Waals surface area contributed by atoms with Crippen LogP contribution in [0, 0.1) is 6.92 Å². The summed E-state index contributed by atoms with van der Waals surface area (Å²) in [6.45, 7) is 2.26. The Kier molecular flexibility index (Phi) is 3.79. The molecule has 0 aliphatic rings. The largest absolute Gasteiger partial charge is 0.345 e. The van der Waals surface area contributed by atoms with Crippen LogP contribution in [0.2, 0.25) is 5.02 Å². The maximum Gasteiger partial charge on any atom is 0.246 e. The third-order valence-electron chi connectivity index (χ3n) is 2.74. The van der Waals surface area contributed by atoms with E-state index in [0.717, 1.165) is 11.3 Å². The molecule has 0 aliphatic carbocycles. The fraction of sp³-hybridized carbons (Fsp3) is 0.143. The number of aromatic nitrogens is 4. The molecule has 6 nitrogen and oxygen atoms in total. The number of nitrogens with one attached hydrogen (secondary N) is 1. The number of hydrogen-bond acceptors (Lipinski definition) is 6. The van der Waals surface area contributed by atoms with Crippen molar-refractivity contribution < 1.29 is 4.52 Å². The van der Waals surface area contributed by atoms with Gasteiger partial charge < -0.3 is 9.84 Å². The fourth-order valence-corrected chi connectivity index (χ4v) is 1.95. The smallest absolute Gasteiger partial charge is 0.246 e. The topological polar surface area (TPSA) is 76.7 Å². The highest BCUT2D eigenvalue weighted by molar-refractivity contribution is 6.30. The first kappa shape index (κ1) is 13.5. The van der Waals surface area contributed by atoms with Crippen LogP contribution in [0.4, 0.5) is 5.95 Å². The Morgan fingerprint density at radius 2 is 2.14 bits per heavy atom. The molecule has 0 atom stereocenters. The summed E-state index contributed by atoms with van der Waals surface area (Å²) >= 11 is 5.94. The highest BCUT2D eigenvalue weighted by atomic mass is 35.5. The second kappa shape index (κ2) is 5.88. The number of halogens is 1. The Hall–Kier alpha value is -2.47. The van der Waals surface area contributed by atoms with E-state index < -0.39 is 0 Å². The number of hydrogen-bond donors (Lipinski definition) is 1. The molecule has 1 aromatic carbocycles. The second-order valence-electron chi connectivity index (χ2n) is 4.40. The van der Waals surface area contributed by atoms with Gasteiger partial charge in [-0.1, -0.05) is 28.9 Å². The van der Waals surface area contributed by atoms with Crippen molar-refractivity contribution in [3.63, 3.8) is 0 Å². The molecule has 0 saturated carbocycles. The predicted octanol–water partition coefficient (Wildman–Crippen LogP) is 3.10. The lowest BCUT2D eigenvalue weighted by molar-refractivity contribution is 0.384. The first-order chi connectivity index (χ1) is 10.2. The summed E-state index contributed by atoms with van der Waals surface area (Å²) in [5.74, 6) is 1.48. The molecule has 2 heterocycles. The molecule has 0 fully saturated rings. The van der Waals surface area contributed by atoms with Crippen molar-refractivity contribution in [3.05, 3.63) is 53.1 Å². The molecule has 1 N–H and O–H groups in total. The van der Waals surface area contributed by atoms with Gasteiger partial charge in [-0.15, -0.1) is 0 Å². The molecule has 0 unspecified atom stereocenters. The van der Waals surface area contributed by atoms with E-state index in [1.165, 1.54) is 0 Å². The van der Waals surface area contributed by atoms with E-state index in [4.69, 9.17) is 16.1 Å². The standard InChI is InChI=1S/C14H12ClN5O/c1-9-5-6-16-14(18-9)17-8-12-19-13(20-21-12)10-3-2-4-11(15)7-10/h2-7H,8H2,1H3,(H,16,17,18). The number of anilines is 1. The predicted molar refractivity (Wildman–Crippen MR) is 78.8 cm³/mol. The Bertz CT molecular complexity index is 758. The number of nitrogens with zero attached hydrogens (tertiary/aromatic N) is 4. The first-order valence-corrected chi connectivity index (χ1v) is 6.70. The van der Waals surface area contributed by atoms with Crippen molar-refractivity contribution in [3.8, 4) is 11.4 Å². The minimum absolute atomic E-state index is 0.358. The highest BCUT2D eigenvalue weighted by Crippen LogP contribution is 2.20. The van der Waals surface area contributed by atoms with Gasteiger partial charge in [0.25, 0.3) is 0 Å². The van der Waals surface area contributed by atoms with Gasteiger partial charge in [0.05, 0.1) is 6.54 Å². The van der Waals surface area contributed by atoms with Gasteiger partial charge >= 0.3 is 0 Å². The van der Waals surface area contributed by atoms with Crippen molar-refractivity contribution in [2.75, 3.05) is 5.32 Å². The van der Waals surface area contributed by atoms with Crippen molar-refractivity contribution >= 4 is 17.5 Å². The zero-order valence-corrected chi connectivity index (χ0v) is 12.0. The minimum atomic E-state index is 0.358. The number of rotatable bonds is 4. The lowest BCUT2D eigenvalue weighted by Gasteiger charge is -2.01. The lowest BCUT2D eigenvalue weighted by atomic mass is 10.2. The molecule has 0 spiro atoms. The van der Waals surface area contributed by atoms with Crippen LogP contribution in [0.1, 0.15) is 11.6 Å². The van der Waals surface area contributed by atoms with Gasteiger partial charge in [-0.3, -0.25) is 0 Å². The Labute approximate surface area is 126 Å². The van der Waals surface area contributed by atoms with Crippen molar-refractivity contribution in [1.82, 2.24) is 20.1 Å². The quantitative estimate of drug-likeness (QED) is 0.798. The molecular formula is C14H12ClN5O. The highest BCUT2D eigenvalue weighted by Gasteiger charge is 2.09. The van der Waals surface area contributed by atoms with Crippen molar-refractivity contribution in [1.29, 1.82) is 0 Å². The zero-order valence-electron chi connectivity index (χ0n) is 11.2. The average molecular weight is 302 g/mol. The van der Waals surface area contributed by atoms with Gasteiger partial charge in [-0.05, 0) is 25.1 Å². The summed E-state index contributed by atoms with van der Waals surface area (Å²) in [6, 6.07) is 9.12. The third kappa shape index (κ3) is 3.35. The molecule has 0 aliphatic heterocycles. The molecular weight excluding hydrogens is 290 g/mol. The fourth-order valence-electron chi connectivity index (χ4n) is 1.76.